The lowest BCUT2D eigenvalue weighted by atomic mass is 9.73. The Morgan fingerprint density at radius 1 is 0.412 bits per heavy atom. The Hall–Kier alpha value is -6.93. The predicted molar refractivity (Wildman–Crippen MR) is 416 cm³/mol. The Morgan fingerprint density at radius 2 is 0.667 bits per heavy atom. The van der Waals surface area contributed by atoms with E-state index in [0.717, 1.165) is 147 Å². The summed E-state index contributed by atoms with van der Waals surface area (Å²) in [5, 5.41) is 32.2. The van der Waals surface area contributed by atoms with Gasteiger partial charge in [0.1, 0.15) is 34.5 Å². The number of carbonyl (C=O) groups excluding carboxylic acids is 4. The van der Waals surface area contributed by atoms with Gasteiger partial charge in [0.15, 0.2) is 6.07 Å². The molecule has 0 aromatic heterocycles. The molecule has 3 aliphatic rings. The molecule has 0 bridgehead atoms. The molecule has 1 unspecified atom stereocenters. The Kier molecular flexibility index (Phi) is 36.9. The van der Waals surface area contributed by atoms with Gasteiger partial charge in [0, 0.05) is 34.4 Å². The number of hydrogen-bond acceptors (Lipinski definition) is 14. The highest BCUT2D eigenvalue weighted by atomic mass is 35.5. The minimum atomic E-state index is -0.631. The first-order chi connectivity index (χ1) is 47.6. The summed E-state index contributed by atoms with van der Waals surface area (Å²) in [7, 11) is 0. The average molecular weight is 1440 g/mol. The molecule has 570 valence electrons. The van der Waals surface area contributed by atoms with Crippen LogP contribution in [0.5, 0.6) is 34.5 Å². The van der Waals surface area contributed by atoms with Gasteiger partial charge < -0.3 is 48.5 Å². The predicted octanol–water partition coefficient (Wildman–Crippen LogP) is 23.0. The van der Waals surface area contributed by atoms with Crippen molar-refractivity contribution in [1.82, 2.24) is 0 Å². The number of benzene rings is 3. The third-order valence-corrected chi connectivity index (χ3v) is 18.8. The van der Waals surface area contributed by atoms with E-state index in [4.69, 9.17) is 40.0 Å². The van der Waals surface area contributed by atoms with Crippen molar-refractivity contribution >= 4 is 35.5 Å². The van der Waals surface area contributed by atoms with Crippen molar-refractivity contribution < 1.29 is 67.7 Å². The minimum Gasteiger partial charge on any atom is -0.507 e. The first kappa shape index (κ1) is 89.3. The van der Waals surface area contributed by atoms with Crippen molar-refractivity contribution in [2.24, 2.45) is 39.4 Å². The molecule has 0 heterocycles. The Labute approximate surface area is 620 Å². The van der Waals surface area contributed by atoms with Gasteiger partial charge in [0.25, 0.3) is 0 Å². The largest absolute Gasteiger partial charge is 0.507 e. The van der Waals surface area contributed by atoms with Gasteiger partial charge in [-0.1, -0.05) is 142 Å². The first-order valence-corrected chi connectivity index (χ1v) is 37.8. The molecule has 0 aliphatic heterocycles. The van der Waals surface area contributed by atoms with Crippen molar-refractivity contribution in [3.05, 3.63) is 141 Å². The van der Waals surface area contributed by atoms with Crippen LogP contribution in [0.3, 0.4) is 0 Å². The van der Waals surface area contributed by atoms with E-state index in [2.05, 4.69) is 91.2 Å². The van der Waals surface area contributed by atoms with Gasteiger partial charge in [-0.05, 0) is 273 Å². The number of unbranched alkanes of at least 4 members (excludes halogenated alkanes) is 6. The van der Waals surface area contributed by atoms with E-state index in [-0.39, 0.29) is 103 Å². The lowest BCUT2D eigenvalue weighted by Crippen LogP contribution is -2.26. The van der Waals surface area contributed by atoms with Crippen LogP contribution in [0.4, 0.5) is 0 Å². The smallest absolute Gasteiger partial charge is 0.314 e. The van der Waals surface area contributed by atoms with Crippen LogP contribution < -0.4 is 14.2 Å². The summed E-state index contributed by atoms with van der Waals surface area (Å²) < 4.78 is 39.2. The van der Waals surface area contributed by atoms with Crippen molar-refractivity contribution in [2.75, 3.05) is 26.4 Å². The summed E-state index contributed by atoms with van der Waals surface area (Å²) >= 11 is 5.16. The molecule has 6 rings (SSSR count). The van der Waals surface area contributed by atoms with Crippen molar-refractivity contribution in [2.45, 2.75) is 279 Å². The molecule has 0 saturated heterocycles. The highest BCUT2D eigenvalue weighted by Crippen LogP contribution is 2.50. The minimum absolute atomic E-state index is 0.00994. The van der Waals surface area contributed by atoms with Crippen LogP contribution in [0.15, 0.2) is 108 Å². The van der Waals surface area contributed by atoms with Gasteiger partial charge in [0.05, 0.1) is 21.7 Å². The molecule has 6 atom stereocenters. The second-order valence-corrected chi connectivity index (χ2v) is 32.9. The van der Waals surface area contributed by atoms with Crippen LogP contribution >= 0.6 is 11.6 Å². The Bertz CT molecular complexity index is 3280. The van der Waals surface area contributed by atoms with Gasteiger partial charge in [-0.25, -0.2) is 0 Å². The molecule has 14 nitrogen and oxygen atoms in total. The van der Waals surface area contributed by atoms with Crippen molar-refractivity contribution in [1.29, 1.82) is 0 Å². The number of alkyl halides is 1. The summed E-state index contributed by atoms with van der Waals surface area (Å²) in [4.78, 5) is 47.8. The highest BCUT2D eigenvalue weighted by molar-refractivity contribution is 6.17. The van der Waals surface area contributed by atoms with E-state index < -0.39 is 21.7 Å². The second kappa shape index (κ2) is 42.1. The van der Waals surface area contributed by atoms with Crippen molar-refractivity contribution in [3.8, 4) is 34.5 Å². The Balaban J connectivity index is 0.000000384. The topological polar surface area (TPSA) is 194 Å². The van der Waals surface area contributed by atoms with E-state index in [1.807, 2.05) is 113 Å². The number of aromatic hydroxyl groups is 3. The zero-order chi connectivity index (χ0) is 77.0. The van der Waals surface area contributed by atoms with Gasteiger partial charge in [0.2, 0.25) is 20.4 Å². The molecule has 0 saturated carbocycles. The molecule has 0 amide bonds. The van der Waals surface area contributed by atoms with Gasteiger partial charge >= 0.3 is 23.9 Å². The maximum atomic E-state index is 12.4. The fourth-order valence-corrected chi connectivity index (χ4v) is 12.7. The SMILES string of the molecule is C=C(C)C1CCC(C)=C[C@H]1c1c(OCOC(=O)C(C)(C)C)cc(CCCCC)cc1OCOC(=O)C(C)(C)C.C=C(C)[C@@H]1CCC(C)=C[C@H]1c1c(O)cc(CCCCC)cc1O.C=C(C)[C@@H]1CCC(C)=C[C@H]1c1c(O)cc(CCCCC)cc1OCOC(=O)C(C)(C)C.CC(C)(C)C(=O)OCCl. The summed E-state index contributed by atoms with van der Waals surface area (Å²) in [5.74, 6) is 1.95. The van der Waals surface area contributed by atoms with E-state index in [9.17, 15) is 34.5 Å². The number of esters is 4. The molecule has 0 spiro atoms. The maximum absolute atomic E-state index is 12.4. The fourth-order valence-electron chi connectivity index (χ4n) is 12.6. The normalized spacial score (nSPS) is 18.3. The molecule has 3 N–H and O–H groups in total. The number of carbonyl (C=O) groups is 4. The summed E-state index contributed by atoms with van der Waals surface area (Å²) in [6, 6.07) is 11.6. The van der Waals surface area contributed by atoms with E-state index in [0.29, 0.717) is 22.8 Å². The number of rotatable bonds is 28. The van der Waals surface area contributed by atoms with Crippen LogP contribution in [-0.2, 0) is 57.4 Å². The molecule has 0 fully saturated rings. The van der Waals surface area contributed by atoms with Gasteiger partial charge in [-0.15, -0.1) is 0 Å². The van der Waals surface area contributed by atoms with Crippen LogP contribution in [0.2, 0.25) is 0 Å². The van der Waals surface area contributed by atoms with E-state index >= 15 is 0 Å². The molecule has 3 aromatic carbocycles. The molecule has 15 heteroatoms. The molecule has 3 aliphatic carbocycles. The van der Waals surface area contributed by atoms with Gasteiger partial charge in [-0.2, -0.15) is 0 Å². The lowest BCUT2D eigenvalue weighted by molar-refractivity contribution is -0.160. The standard InChI is InChI=1S/C33H50O6.C27H40O4.C21H30O2.C6H11ClO2/c1-11-12-13-14-24-18-27(36-20-38-30(34)32(5,6)7)29(26-17-23(4)15-16-25(26)22(2)3)28(19-24)37-21-39-31(35)33(8,9)10;1-8-9-10-11-20-15-23(28)25(22-14-19(4)12-13-21(22)18(2)3)24(16-20)30-17-31-26(29)27(5,6)7;1-5-6-7-8-16-12-19(22)21(20(23)13-16)18-11-15(4)9-10-17(18)14(2)3;1-6(2,3)5(8)9-4-7/h17-19,25-26H,2,11-16,20-21H2,1,3-10H3;14-16,21-22,28H,2,8-13,17H2,1,3-7H3;11-13,17-18,22-23H,2,5-10H2,1,3-4H3;4H2,1-3H3/t25?,26-;21-,22+;17-,18+;/m100./s1. The Morgan fingerprint density at radius 3 is 0.941 bits per heavy atom. The van der Waals surface area contributed by atoms with Crippen molar-refractivity contribution in [3.63, 3.8) is 0 Å². The number of phenols is 3. The summed E-state index contributed by atoms with van der Waals surface area (Å²) in [6.07, 6.45) is 25.4. The molecular formula is C87H131ClO14. The third-order valence-electron chi connectivity index (χ3n) is 18.7. The molecule has 3 aromatic rings. The van der Waals surface area contributed by atoms with Crippen LogP contribution in [0.25, 0.3) is 0 Å². The van der Waals surface area contributed by atoms with E-state index in [1.165, 1.54) is 29.6 Å². The number of allylic oxidation sites excluding steroid dienone is 9. The number of ether oxygens (including phenoxy) is 7. The highest BCUT2D eigenvalue weighted by Gasteiger charge is 2.35. The zero-order valence-electron chi connectivity index (χ0n) is 66.5. The monoisotopic (exact) mass is 1430 g/mol. The number of halogens is 1. The number of aryl methyl sites for hydroxylation is 3. The van der Waals surface area contributed by atoms with Gasteiger partial charge in [-0.3, -0.25) is 19.2 Å². The quantitative estimate of drug-likeness (QED) is 0.0155. The van der Waals surface area contributed by atoms with Crippen LogP contribution in [0, 0.1) is 39.4 Å². The van der Waals surface area contributed by atoms with Crippen LogP contribution in [-0.4, -0.2) is 65.6 Å². The number of hydrogen-bond donors (Lipinski definition) is 3. The average Bonchev–Trinajstić information content (AvgIpc) is 0.793. The summed E-state index contributed by atoms with van der Waals surface area (Å²) in [6.45, 7) is 52.7. The van der Waals surface area contributed by atoms with E-state index in [1.54, 1.807) is 20.8 Å². The maximum Gasteiger partial charge on any atom is 0.314 e. The molecule has 0 radical (unpaired) electrons. The third kappa shape index (κ3) is 29.3. The fraction of sp³-hybridized carbons (Fsp3) is 0.609. The summed E-state index contributed by atoms with van der Waals surface area (Å²) in [5.41, 5.74) is 10.3. The lowest BCUT2D eigenvalue weighted by Gasteiger charge is -2.33. The second-order valence-electron chi connectivity index (χ2n) is 32.7. The molecule has 102 heavy (non-hydrogen) atoms. The van der Waals surface area contributed by atoms with Crippen LogP contribution in [0.1, 0.15) is 293 Å². The first-order valence-electron chi connectivity index (χ1n) is 37.3. The zero-order valence-corrected chi connectivity index (χ0v) is 67.3. The number of phenolic OH excluding ortho intramolecular Hbond substituents is 3. The molecular weight excluding hydrogens is 1300 g/mol.